The molecule has 0 saturated carbocycles. The van der Waals surface area contributed by atoms with Crippen LogP contribution in [-0.4, -0.2) is 35.8 Å². The van der Waals surface area contributed by atoms with E-state index in [0.717, 1.165) is 23.2 Å². The molecule has 29 heavy (non-hydrogen) atoms. The van der Waals surface area contributed by atoms with Gasteiger partial charge >= 0.3 is 5.97 Å². The number of rotatable bonds is 7. The highest BCUT2D eigenvalue weighted by Gasteiger charge is 2.19. The molecule has 0 aromatic heterocycles. The minimum atomic E-state index is -0.537. The van der Waals surface area contributed by atoms with E-state index in [1.807, 2.05) is 38.1 Å². The summed E-state index contributed by atoms with van der Waals surface area (Å²) in [6.07, 6.45) is 1.80. The molecule has 1 N–H and O–H groups in total. The third kappa shape index (κ3) is 5.44. The fourth-order valence-electron chi connectivity index (χ4n) is 3.29. The van der Waals surface area contributed by atoms with Crippen LogP contribution < -0.4 is 5.32 Å². The first-order chi connectivity index (χ1) is 14.0. The van der Waals surface area contributed by atoms with E-state index in [2.05, 4.69) is 5.32 Å². The standard InChI is InChI=1S/C23H26N2O4/c1-3-12-25(14-17-6-4-16(2)5-7-17)22(27)15-29-23(28)19-8-10-20-18(13-19)9-11-21(26)24-20/h4-8,10,13H,3,9,11-12,14-15H2,1-2H3,(H,24,26). The molecule has 3 rings (SSSR count). The minimum absolute atomic E-state index is 0.0250. The fourth-order valence-corrected chi connectivity index (χ4v) is 3.29. The van der Waals surface area contributed by atoms with Crippen LogP contribution >= 0.6 is 0 Å². The van der Waals surface area contributed by atoms with Crippen LogP contribution in [0.15, 0.2) is 42.5 Å². The molecule has 6 heteroatoms. The van der Waals surface area contributed by atoms with Gasteiger partial charge in [-0.05, 0) is 49.1 Å². The molecule has 1 aliphatic heterocycles. The van der Waals surface area contributed by atoms with Crippen molar-refractivity contribution in [2.45, 2.75) is 39.7 Å². The molecule has 0 aliphatic carbocycles. The SMILES string of the molecule is CCCN(Cc1ccc(C)cc1)C(=O)COC(=O)c1ccc2c(c1)CCC(=O)N2. The van der Waals surface area contributed by atoms with Gasteiger partial charge in [0.05, 0.1) is 5.56 Å². The van der Waals surface area contributed by atoms with Crippen molar-refractivity contribution in [1.82, 2.24) is 4.90 Å². The number of benzene rings is 2. The Balaban J connectivity index is 1.59. The first-order valence-electron chi connectivity index (χ1n) is 9.89. The summed E-state index contributed by atoms with van der Waals surface area (Å²) >= 11 is 0. The summed E-state index contributed by atoms with van der Waals surface area (Å²) in [5.41, 5.74) is 4.22. The Kier molecular flexibility index (Phi) is 6.65. The van der Waals surface area contributed by atoms with Crippen LogP contribution in [0.2, 0.25) is 0 Å². The number of nitrogens with zero attached hydrogens (tertiary/aromatic N) is 1. The van der Waals surface area contributed by atoms with Gasteiger partial charge in [0.1, 0.15) is 0 Å². The van der Waals surface area contributed by atoms with Gasteiger partial charge < -0.3 is 15.0 Å². The molecule has 1 aliphatic rings. The second-order valence-electron chi connectivity index (χ2n) is 7.30. The van der Waals surface area contributed by atoms with Crippen LogP contribution in [0, 0.1) is 6.92 Å². The number of nitrogens with one attached hydrogen (secondary N) is 1. The lowest BCUT2D eigenvalue weighted by Crippen LogP contribution is -2.35. The van der Waals surface area contributed by atoms with Gasteiger partial charge in [-0.15, -0.1) is 0 Å². The minimum Gasteiger partial charge on any atom is -0.452 e. The van der Waals surface area contributed by atoms with Crippen molar-refractivity contribution in [3.8, 4) is 0 Å². The number of carbonyl (C=O) groups excluding carboxylic acids is 3. The van der Waals surface area contributed by atoms with Crippen molar-refractivity contribution in [3.63, 3.8) is 0 Å². The third-order valence-corrected chi connectivity index (χ3v) is 4.90. The van der Waals surface area contributed by atoms with E-state index in [1.54, 1.807) is 23.1 Å². The Labute approximate surface area is 170 Å². The molecule has 2 aromatic carbocycles. The maximum absolute atomic E-state index is 12.6. The fraction of sp³-hybridized carbons (Fsp3) is 0.348. The molecule has 0 radical (unpaired) electrons. The second-order valence-corrected chi connectivity index (χ2v) is 7.30. The Morgan fingerprint density at radius 2 is 1.86 bits per heavy atom. The number of hydrogen-bond acceptors (Lipinski definition) is 4. The predicted molar refractivity (Wildman–Crippen MR) is 111 cm³/mol. The van der Waals surface area contributed by atoms with Crippen LogP contribution in [-0.2, 0) is 27.3 Å². The summed E-state index contributed by atoms with van der Waals surface area (Å²) in [5, 5.41) is 2.78. The molecule has 0 unspecified atom stereocenters. The van der Waals surface area contributed by atoms with Gasteiger partial charge in [-0.2, -0.15) is 0 Å². The first kappa shape index (κ1) is 20.6. The molecule has 0 fully saturated rings. The van der Waals surface area contributed by atoms with E-state index in [-0.39, 0.29) is 18.4 Å². The molecular formula is C23H26N2O4. The number of fused-ring (bicyclic) bond motifs is 1. The lowest BCUT2D eigenvalue weighted by molar-refractivity contribution is -0.135. The van der Waals surface area contributed by atoms with E-state index < -0.39 is 5.97 Å². The number of amides is 2. The average Bonchev–Trinajstić information content (AvgIpc) is 2.72. The number of carbonyl (C=O) groups is 3. The lowest BCUT2D eigenvalue weighted by Gasteiger charge is -2.22. The smallest absolute Gasteiger partial charge is 0.338 e. The quantitative estimate of drug-likeness (QED) is 0.730. The molecule has 1 heterocycles. The number of esters is 1. The van der Waals surface area contributed by atoms with E-state index in [9.17, 15) is 14.4 Å². The molecule has 6 nitrogen and oxygen atoms in total. The summed E-state index contributed by atoms with van der Waals surface area (Å²) in [7, 11) is 0. The normalized spacial score (nSPS) is 12.7. The van der Waals surface area contributed by atoms with Gasteiger partial charge in [0.25, 0.3) is 5.91 Å². The Bertz CT molecular complexity index is 906. The number of anilines is 1. The lowest BCUT2D eigenvalue weighted by atomic mass is 10.0. The number of ether oxygens (including phenoxy) is 1. The Hall–Kier alpha value is -3.15. The summed E-state index contributed by atoms with van der Waals surface area (Å²) in [6, 6.07) is 13.1. The van der Waals surface area contributed by atoms with Gasteiger partial charge in [-0.3, -0.25) is 9.59 Å². The molecule has 2 aromatic rings. The van der Waals surface area contributed by atoms with E-state index >= 15 is 0 Å². The van der Waals surface area contributed by atoms with Gasteiger partial charge in [-0.1, -0.05) is 36.8 Å². The Morgan fingerprint density at radius 1 is 1.10 bits per heavy atom. The van der Waals surface area contributed by atoms with Crippen LogP contribution in [0.5, 0.6) is 0 Å². The van der Waals surface area contributed by atoms with Crippen molar-refractivity contribution < 1.29 is 19.1 Å². The summed E-state index contributed by atoms with van der Waals surface area (Å²) < 4.78 is 5.27. The van der Waals surface area contributed by atoms with E-state index in [4.69, 9.17) is 4.74 Å². The zero-order valence-electron chi connectivity index (χ0n) is 16.9. The highest BCUT2D eigenvalue weighted by molar-refractivity contribution is 5.96. The predicted octanol–water partition coefficient (Wildman–Crippen LogP) is 3.48. The maximum atomic E-state index is 12.6. The molecule has 152 valence electrons. The van der Waals surface area contributed by atoms with Crippen molar-refractivity contribution in [2.24, 2.45) is 0 Å². The van der Waals surface area contributed by atoms with Crippen LogP contribution in [0.25, 0.3) is 0 Å². The van der Waals surface area contributed by atoms with Gasteiger partial charge in [0.15, 0.2) is 6.61 Å². The molecule has 0 bridgehead atoms. The number of aryl methyl sites for hydroxylation is 2. The van der Waals surface area contributed by atoms with Gasteiger partial charge in [0.2, 0.25) is 5.91 Å². The summed E-state index contributed by atoms with van der Waals surface area (Å²) in [4.78, 5) is 38.2. The number of hydrogen-bond donors (Lipinski definition) is 1. The van der Waals surface area contributed by atoms with Crippen LogP contribution in [0.3, 0.4) is 0 Å². The first-order valence-corrected chi connectivity index (χ1v) is 9.89. The highest BCUT2D eigenvalue weighted by atomic mass is 16.5. The topological polar surface area (TPSA) is 75.7 Å². The van der Waals surface area contributed by atoms with Crippen molar-refractivity contribution in [3.05, 3.63) is 64.7 Å². The average molecular weight is 394 g/mol. The summed E-state index contributed by atoms with van der Waals surface area (Å²) in [5.74, 6) is -0.779. The van der Waals surface area contributed by atoms with Crippen LogP contribution in [0.4, 0.5) is 5.69 Å². The second kappa shape index (κ2) is 9.37. The third-order valence-electron chi connectivity index (χ3n) is 4.90. The van der Waals surface area contributed by atoms with Gasteiger partial charge in [0, 0.05) is 25.2 Å². The van der Waals surface area contributed by atoms with Crippen molar-refractivity contribution >= 4 is 23.5 Å². The Morgan fingerprint density at radius 3 is 2.59 bits per heavy atom. The monoisotopic (exact) mass is 394 g/mol. The largest absolute Gasteiger partial charge is 0.452 e. The zero-order valence-corrected chi connectivity index (χ0v) is 16.9. The van der Waals surface area contributed by atoms with Crippen molar-refractivity contribution in [1.29, 1.82) is 0 Å². The zero-order chi connectivity index (χ0) is 20.8. The molecule has 0 atom stereocenters. The van der Waals surface area contributed by atoms with E-state index in [1.165, 1.54) is 5.56 Å². The van der Waals surface area contributed by atoms with Gasteiger partial charge in [-0.25, -0.2) is 4.79 Å². The molecular weight excluding hydrogens is 368 g/mol. The van der Waals surface area contributed by atoms with Crippen molar-refractivity contribution in [2.75, 3.05) is 18.5 Å². The molecule has 2 amide bonds. The summed E-state index contributed by atoms with van der Waals surface area (Å²) in [6.45, 7) is 4.82. The van der Waals surface area contributed by atoms with E-state index in [0.29, 0.717) is 31.5 Å². The molecule has 0 saturated heterocycles. The maximum Gasteiger partial charge on any atom is 0.338 e. The highest BCUT2D eigenvalue weighted by Crippen LogP contribution is 2.23. The molecule has 0 spiro atoms. The van der Waals surface area contributed by atoms with Crippen LogP contribution in [0.1, 0.15) is 46.8 Å².